The van der Waals surface area contributed by atoms with E-state index in [-0.39, 0.29) is 11.8 Å². The number of para-hydroxylation sites is 1. The van der Waals surface area contributed by atoms with Crippen LogP contribution in [0.5, 0.6) is 11.5 Å². The lowest BCUT2D eigenvalue weighted by Gasteiger charge is -2.19. The molecule has 2 aromatic carbocycles. The monoisotopic (exact) mass is 414 g/mol. The number of likely N-dealkylation sites (N-methyl/N-ethyl adjacent to an activating group) is 1. The maximum absolute atomic E-state index is 12.4. The Morgan fingerprint density at radius 2 is 1.67 bits per heavy atom. The van der Waals surface area contributed by atoms with Crippen molar-refractivity contribution in [2.24, 2.45) is 0 Å². The average Bonchev–Trinajstić information content (AvgIpc) is 2.74. The highest BCUT2D eigenvalue weighted by atomic mass is 16.5. The van der Waals surface area contributed by atoms with Gasteiger partial charge in [-0.15, -0.1) is 0 Å². The molecule has 7 heteroatoms. The molecule has 2 amide bonds. The van der Waals surface area contributed by atoms with E-state index in [2.05, 4.69) is 5.32 Å². The number of methoxy groups -OCH3 is 2. The van der Waals surface area contributed by atoms with Gasteiger partial charge in [-0.3, -0.25) is 9.59 Å². The Balaban J connectivity index is 1.95. The maximum atomic E-state index is 12.4. The van der Waals surface area contributed by atoms with Crippen molar-refractivity contribution in [3.05, 3.63) is 53.6 Å². The van der Waals surface area contributed by atoms with Crippen LogP contribution in [0.4, 0.5) is 5.69 Å². The zero-order chi connectivity index (χ0) is 22.1. The molecule has 30 heavy (non-hydrogen) atoms. The first-order valence-corrected chi connectivity index (χ1v) is 10.1. The van der Waals surface area contributed by atoms with E-state index in [0.29, 0.717) is 48.9 Å². The minimum Gasteiger partial charge on any atom is -0.493 e. The van der Waals surface area contributed by atoms with E-state index in [1.807, 2.05) is 39.1 Å². The van der Waals surface area contributed by atoms with Gasteiger partial charge in [0.1, 0.15) is 6.54 Å². The Labute approximate surface area is 178 Å². The van der Waals surface area contributed by atoms with Crippen LogP contribution in [0.1, 0.15) is 29.8 Å². The first kappa shape index (κ1) is 23.2. The van der Waals surface area contributed by atoms with Crippen LogP contribution >= 0.6 is 0 Å². The maximum Gasteiger partial charge on any atom is 0.279 e. The van der Waals surface area contributed by atoms with Crippen LogP contribution in [0.15, 0.2) is 42.5 Å². The van der Waals surface area contributed by atoms with Crippen molar-refractivity contribution in [1.82, 2.24) is 4.90 Å². The third-order valence-electron chi connectivity index (χ3n) is 4.91. The number of hydrogen-bond acceptors (Lipinski definition) is 4. The van der Waals surface area contributed by atoms with E-state index in [1.165, 1.54) is 0 Å². The first-order valence-electron chi connectivity index (χ1n) is 10.1. The topological polar surface area (TPSA) is 72.3 Å². The zero-order valence-electron chi connectivity index (χ0n) is 18.5. The number of carbonyl (C=O) groups excluding carboxylic acids is 2. The van der Waals surface area contributed by atoms with Crippen LogP contribution < -0.4 is 19.7 Å². The lowest BCUT2D eigenvalue weighted by atomic mass is 10.1. The van der Waals surface area contributed by atoms with Gasteiger partial charge in [-0.05, 0) is 50.2 Å². The van der Waals surface area contributed by atoms with Gasteiger partial charge in [-0.2, -0.15) is 0 Å². The van der Waals surface area contributed by atoms with Gasteiger partial charge in [0.05, 0.1) is 26.8 Å². The van der Waals surface area contributed by atoms with Crippen molar-refractivity contribution in [2.45, 2.75) is 20.4 Å². The Morgan fingerprint density at radius 3 is 2.23 bits per heavy atom. The van der Waals surface area contributed by atoms with Crippen molar-refractivity contribution in [1.29, 1.82) is 0 Å². The van der Waals surface area contributed by atoms with E-state index in [0.717, 1.165) is 10.5 Å². The molecule has 2 N–H and O–H groups in total. The number of ether oxygens (including phenoxy) is 2. The number of carbonyl (C=O) groups is 2. The molecule has 0 heterocycles. The van der Waals surface area contributed by atoms with Crippen LogP contribution in [0.25, 0.3) is 0 Å². The fourth-order valence-electron chi connectivity index (χ4n) is 3.35. The summed E-state index contributed by atoms with van der Waals surface area (Å²) in [6.45, 7) is 6.15. The molecule has 2 rings (SSSR count). The molecule has 7 nitrogen and oxygen atoms in total. The van der Waals surface area contributed by atoms with Gasteiger partial charge in [0.2, 0.25) is 0 Å². The molecule has 1 unspecified atom stereocenters. The van der Waals surface area contributed by atoms with Crippen LogP contribution in [0.3, 0.4) is 0 Å². The first-order chi connectivity index (χ1) is 14.4. The van der Waals surface area contributed by atoms with E-state index in [1.54, 1.807) is 43.4 Å². The van der Waals surface area contributed by atoms with E-state index in [4.69, 9.17) is 9.47 Å². The lowest BCUT2D eigenvalue weighted by Crippen LogP contribution is -3.08. The van der Waals surface area contributed by atoms with Crippen molar-refractivity contribution in [3.8, 4) is 11.5 Å². The summed E-state index contributed by atoms with van der Waals surface area (Å²) >= 11 is 0. The molecule has 0 saturated carbocycles. The molecule has 0 bridgehead atoms. The molecular formula is C23H32N3O4+. The smallest absolute Gasteiger partial charge is 0.279 e. The molecule has 1 atom stereocenters. The summed E-state index contributed by atoms with van der Waals surface area (Å²) in [5, 5.41) is 2.89. The molecule has 0 aliphatic rings. The van der Waals surface area contributed by atoms with Gasteiger partial charge in [-0.25, -0.2) is 0 Å². The van der Waals surface area contributed by atoms with Crippen molar-refractivity contribution in [2.75, 3.05) is 46.2 Å². The molecule has 0 aromatic heterocycles. The number of hydrogen-bond donors (Lipinski definition) is 2. The third-order valence-corrected chi connectivity index (χ3v) is 4.91. The molecule has 2 aromatic rings. The number of nitrogens with zero attached hydrogens (tertiary/aromatic N) is 1. The summed E-state index contributed by atoms with van der Waals surface area (Å²) in [6, 6.07) is 12.7. The summed E-state index contributed by atoms with van der Waals surface area (Å²) in [6.07, 6.45) is 0. The van der Waals surface area contributed by atoms with Crippen LogP contribution in [0, 0.1) is 0 Å². The van der Waals surface area contributed by atoms with Crippen molar-refractivity contribution >= 4 is 17.5 Å². The number of quaternary nitrogens is 1. The largest absolute Gasteiger partial charge is 0.493 e. The zero-order valence-corrected chi connectivity index (χ0v) is 18.5. The number of amides is 2. The Morgan fingerprint density at radius 1 is 1.00 bits per heavy atom. The normalized spacial score (nSPS) is 11.5. The SMILES string of the molecule is CCN(CC)C(=O)c1ccc(NC(=O)C[NH+](C)Cc2cccc(OC)c2OC)cc1. The fourth-order valence-corrected chi connectivity index (χ4v) is 3.35. The summed E-state index contributed by atoms with van der Waals surface area (Å²) in [7, 11) is 5.16. The minimum atomic E-state index is -0.0998. The van der Waals surface area contributed by atoms with E-state index >= 15 is 0 Å². The highest BCUT2D eigenvalue weighted by Gasteiger charge is 2.17. The molecule has 0 radical (unpaired) electrons. The van der Waals surface area contributed by atoms with Crippen LogP contribution in [-0.2, 0) is 11.3 Å². The fraction of sp³-hybridized carbons (Fsp3) is 0.391. The molecule has 0 fully saturated rings. The van der Waals surface area contributed by atoms with Gasteiger partial charge >= 0.3 is 0 Å². The second kappa shape index (κ2) is 11.2. The van der Waals surface area contributed by atoms with Crippen molar-refractivity contribution < 1.29 is 24.0 Å². The van der Waals surface area contributed by atoms with Crippen LogP contribution in [0.2, 0.25) is 0 Å². The Hall–Kier alpha value is -3.06. The molecule has 0 saturated heterocycles. The Kier molecular flexibility index (Phi) is 8.68. The van der Waals surface area contributed by atoms with Gasteiger partial charge in [0.15, 0.2) is 18.0 Å². The summed E-state index contributed by atoms with van der Waals surface area (Å²) in [4.78, 5) is 27.6. The van der Waals surface area contributed by atoms with Gasteiger partial charge in [0, 0.05) is 24.3 Å². The quantitative estimate of drug-likeness (QED) is 0.622. The van der Waals surface area contributed by atoms with E-state index in [9.17, 15) is 9.59 Å². The average molecular weight is 415 g/mol. The Bertz CT molecular complexity index is 848. The number of benzene rings is 2. The third kappa shape index (κ3) is 5.97. The summed E-state index contributed by atoms with van der Waals surface area (Å²) in [5.41, 5.74) is 2.26. The number of anilines is 1. The lowest BCUT2D eigenvalue weighted by molar-refractivity contribution is -0.885. The van der Waals surface area contributed by atoms with Crippen LogP contribution in [-0.4, -0.2) is 57.6 Å². The predicted molar refractivity (Wildman–Crippen MR) is 117 cm³/mol. The molecule has 0 aliphatic carbocycles. The van der Waals surface area contributed by atoms with Gasteiger partial charge in [0.25, 0.3) is 11.8 Å². The predicted octanol–water partition coefficient (Wildman–Crippen LogP) is 1.84. The minimum absolute atomic E-state index is 0.00529. The number of nitrogens with one attached hydrogen (secondary N) is 2. The molecule has 0 aliphatic heterocycles. The van der Waals surface area contributed by atoms with Gasteiger partial charge < -0.3 is 24.6 Å². The second-order valence-electron chi connectivity index (χ2n) is 7.07. The summed E-state index contributed by atoms with van der Waals surface area (Å²) in [5.74, 6) is 1.26. The molecular weight excluding hydrogens is 382 g/mol. The highest BCUT2D eigenvalue weighted by molar-refractivity contribution is 5.96. The van der Waals surface area contributed by atoms with Crippen molar-refractivity contribution in [3.63, 3.8) is 0 Å². The highest BCUT2D eigenvalue weighted by Crippen LogP contribution is 2.30. The summed E-state index contributed by atoms with van der Waals surface area (Å²) < 4.78 is 10.8. The standard InChI is InChI=1S/C23H31N3O4/c1-6-26(7-2)23(28)17-11-13-19(14-12-17)24-21(27)16-25(3)15-18-9-8-10-20(29-4)22(18)30-5/h8-14H,6-7,15-16H2,1-5H3,(H,24,27)/p+1. The number of rotatable bonds is 10. The molecule has 162 valence electrons. The molecule has 0 spiro atoms. The van der Waals surface area contributed by atoms with E-state index < -0.39 is 0 Å². The second-order valence-corrected chi connectivity index (χ2v) is 7.07. The van der Waals surface area contributed by atoms with Gasteiger partial charge in [-0.1, -0.05) is 6.07 Å².